The average Bonchev–Trinajstić information content (AvgIpc) is 3.41. The van der Waals surface area contributed by atoms with E-state index in [1.807, 2.05) is 24.3 Å². The van der Waals surface area contributed by atoms with E-state index in [1.165, 1.54) is 32.1 Å². The van der Waals surface area contributed by atoms with Crippen molar-refractivity contribution in [1.29, 1.82) is 0 Å². The van der Waals surface area contributed by atoms with E-state index in [-0.39, 0.29) is 36.4 Å². The van der Waals surface area contributed by atoms with Crippen molar-refractivity contribution in [3.63, 3.8) is 0 Å². The fourth-order valence-corrected chi connectivity index (χ4v) is 3.96. The Hall–Kier alpha value is -2.10. The summed E-state index contributed by atoms with van der Waals surface area (Å²) in [6.07, 6.45) is 9.90. The summed E-state index contributed by atoms with van der Waals surface area (Å²) in [5.74, 6) is 0.718. The summed E-state index contributed by atoms with van der Waals surface area (Å²) >= 11 is 0. The molecule has 0 saturated heterocycles. The van der Waals surface area contributed by atoms with E-state index in [2.05, 4.69) is 33.0 Å². The number of benzene rings is 1. The number of aromatic nitrogens is 2. The molecule has 1 aromatic carbocycles. The number of rotatable bonds is 8. The number of amides is 1. The molecule has 0 radical (unpaired) electrons. The van der Waals surface area contributed by atoms with Gasteiger partial charge in [-0.05, 0) is 48.4 Å². The predicted molar refractivity (Wildman–Crippen MR) is 132 cm³/mol. The lowest BCUT2D eigenvalue weighted by molar-refractivity contribution is -0.116. The molecule has 3 N–H and O–H groups in total. The third-order valence-corrected chi connectivity index (χ3v) is 5.80. The number of carbonyl (C=O) groups is 1. The monoisotopic (exact) mass is 524 g/mol. The fourth-order valence-electron chi connectivity index (χ4n) is 3.96. The molecule has 1 fully saturated rings. The molecule has 0 unspecified atom stereocenters. The maximum absolute atomic E-state index is 12.2. The number of halogens is 1. The van der Waals surface area contributed by atoms with Crippen molar-refractivity contribution < 1.29 is 4.79 Å². The van der Waals surface area contributed by atoms with E-state index in [0.29, 0.717) is 12.0 Å². The van der Waals surface area contributed by atoms with Crippen LogP contribution >= 0.6 is 24.0 Å². The molecule has 1 aliphatic rings. The lowest BCUT2D eigenvalue weighted by atomic mass is 9.83. The second-order valence-electron chi connectivity index (χ2n) is 7.79. The van der Waals surface area contributed by atoms with Crippen LogP contribution in [0, 0.1) is 5.41 Å². The molecule has 0 aliphatic heterocycles. The molecule has 1 heterocycles. The lowest BCUT2D eigenvalue weighted by Gasteiger charge is -2.28. The van der Waals surface area contributed by atoms with Gasteiger partial charge in [-0.1, -0.05) is 31.9 Å². The molecule has 0 spiro atoms. The second kappa shape index (κ2) is 11.9. The zero-order valence-electron chi connectivity index (χ0n) is 17.9. The zero-order valence-corrected chi connectivity index (χ0v) is 20.2. The number of carbonyl (C=O) groups excluding carboxylic acids is 1. The number of guanidine groups is 1. The van der Waals surface area contributed by atoms with Crippen molar-refractivity contribution in [2.45, 2.75) is 52.1 Å². The Balaban J connectivity index is 0.00000320. The highest BCUT2D eigenvalue weighted by molar-refractivity contribution is 14.0. The molecule has 3 rings (SSSR count). The summed E-state index contributed by atoms with van der Waals surface area (Å²) in [4.78, 5) is 16.5. The van der Waals surface area contributed by atoms with E-state index >= 15 is 0 Å². The summed E-state index contributed by atoms with van der Waals surface area (Å²) < 4.78 is 1.60. The van der Waals surface area contributed by atoms with Crippen molar-refractivity contribution in [2.24, 2.45) is 10.4 Å². The Morgan fingerprint density at radius 3 is 2.70 bits per heavy atom. The summed E-state index contributed by atoms with van der Waals surface area (Å²) in [7, 11) is 1.80. The van der Waals surface area contributed by atoms with Crippen LogP contribution in [-0.4, -0.2) is 35.2 Å². The standard InChI is InChI=1S/C22H32N6O.HI/c1-3-22(10-4-5-11-22)17-25-21(23-2)24-15-18-8-6-9-19(14-18)27-20(29)16-28-13-7-12-26-28;/h6-9,12-14H,3-5,10-11,15-17H2,1-2H3,(H,27,29)(H2,23,24,25);1H. The Kier molecular flexibility index (Phi) is 9.61. The molecular formula is C22H33IN6O. The fraction of sp³-hybridized carbons (Fsp3) is 0.500. The topological polar surface area (TPSA) is 83.3 Å². The van der Waals surface area contributed by atoms with Crippen molar-refractivity contribution in [2.75, 3.05) is 18.9 Å². The summed E-state index contributed by atoms with van der Waals surface area (Å²) in [5.41, 5.74) is 2.27. The number of aliphatic imine (C=N–C) groups is 1. The highest BCUT2D eigenvalue weighted by Crippen LogP contribution is 2.40. The van der Waals surface area contributed by atoms with Crippen molar-refractivity contribution in [3.8, 4) is 0 Å². The van der Waals surface area contributed by atoms with Gasteiger partial charge in [-0.3, -0.25) is 14.5 Å². The van der Waals surface area contributed by atoms with Gasteiger partial charge < -0.3 is 16.0 Å². The maximum atomic E-state index is 12.2. The maximum Gasteiger partial charge on any atom is 0.246 e. The minimum atomic E-state index is -0.0993. The largest absolute Gasteiger partial charge is 0.356 e. The van der Waals surface area contributed by atoms with Crippen molar-refractivity contribution in [3.05, 3.63) is 48.3 Å². The lowest BCUT2D eigenvalue weighted by Crippen LogP contribution is -2.42. The number of nitrogens with one attached hydrogen (secondary N) is 3. The first-order valence-electron chi connectivity index (χ1n) is 10.4. The first kappa shape index (κ1) is 24.2. The molecule has 1 aromatic heterocycles. The minimum Gasteiger partial charge on any atom is -0.356 e. The van der Waals surface area contributed by atoms with Gasteiger partial charge in [-0.2, -0.15) is 5.10 Å². The smallest absolute Gasteiger partial charge is 0.246 e. The van der Waals surface area contributed by atoms with Crippen LogP contribution in [0.3, 0.4) is 0 Å². The first-order chi connectivity index (χ1) is 14.1. The van der Waals surface area contributed by atoms with Gasteiger partial charge in [0.15, 0.2) is 5.96 Å². The quantitative estimate of drug-likeness (QED) is 0.279. The van der Waals surface area contributed by atoms with Gasteiger partial charge in [0, 0.05) is 38.2 Å². The van der Waals surface area contributed by atoms with Gasteiger partial charge in [-0.15, -0.1) is 24.0 Å². The highest BCUT2D eigenvalue weighted by Gasteiger charge is 2.31. The normalized spacial score (nSPS) is 15.3. The van der Waals surface area contributed by atoms with E-state index < -0.39 is 0 Å². The van der Waals surface area contributed by atoms with Crippen LogP contribution in [0.15, 0.2) is 47.7 Å². The highest BCUT2D eigenvalue weighted by atomic mass is 127. The van der Waals surface area contributed by atoms with Crippen LogP contribution < -0.4 is 16.0 Å². The Labute approximate surface area is 196 Å². The van der Waals surface area contributed by atoms with Crippen LogP contribution in [0.5, 0.6) is 0 Å². The second-order valence-corrected chi connectivity index (χ2v) is 7.79. The van der Waals surface area contributed by atoms with E-state index in [4.69, 9.17) is 0 Å². The zero-order chi connectivity index (χ0) is 20.5. The van der Waals surface area contributed by atoms with Gasteiger partial charge in [-0.25, -0.2) is 0 Å². The van der Waals surface area contributed by atoms with Crippen LogP contribution in [-0.2, 0) is 17.9 Å². The van der Waals surface area contributed by atoms with Crippen molar-refractivity contribution >= 4 is 41.5 Å². The molecule has 2 aromatic rings. The number of nitrogens with zero attached hydrogens (tertiary/aromatic N) is 3. The number of hydrogen-bond donors (Lipinski definition) is 3. The third kappa shape index (κ3) is 7.00. The van der Waals surface area contributed by atoms with E-state index in [1.54, 1.807) is 30.2 Å². The molecule has 30 heavy (non-hydrogen) atoms. The minimum absolute atomic E-state index is 0. The molecule has 1 amide bonds. The van der Waals surface area contributed by atoms with Crippen LogP contribution in [0.4, 0.5) is 5.69 Å². The molecule has 1 aliphatic carbocycles. The average molecular weight is 524 g/mol. The van der Waals surface area contributed by atoms with Crippen LogP contribution in [0.2, 0.25) is 0 Å². The van der Waals surface area contributed by atoms with E-state index in [9.17, 15) is 4.79 Å². The van der Waals surface area contributed by atoms with Gasteiger partial charge in [0.25, 0.3) is 0 Å². The number of hydrogen-bond acceptors (Lipinski definition) is 3. The molecule has 1 saturated carbocycles. The van der Waals surface area contributed by atoms with Gasteiger partial charge in [0.05, 0.1) is 0 Å². The number of anilines is 1. The molecule has 0 bridgehead atoms. The Bertz CT molecular complexity index is 815. The molecule has 164 valence electrons. The third-order valence-electron chi connectivity index (χ3n) is 5.80. The summed E-state index contributed by atoms with van der Waals surface area (Å²) in [6.45, 7) is 4.09. The summed E-state index contributed by atoms with van der Waals surface area (Å²) in [6, 6.07) is 9.65. The first-order valence-corrected chi connectivity index (χ1v) is 10.4. The summed E-state index contributed by atoms with van der Waals surface area (Å²) in [5, 5.41) is 13.9. The Morgan fingerprint density at radius 2 is 2.03 bits per heavy atom. The Morgan fingerprint density at radius 1 is 1.23 bits per heavy atom. The van der Waals surface area contributed by atoms with Gasteiger partial charge >= 0.3 is 0 Å². The van der Waals surface area contributed by atoms with Crippen molar-refractivity contribution in [1.82, 2.24) is 20.4 Å². The van der Waals surface area contributed by atoms with Gasteiger partial charge in [0.2, 0.25) is 5.91 Å². The SMILES string of the molecule is CCC1(CNC(=NC)NCc2cccc(NC(=O)Cn3cccn3)c2)CCCC1.I. The van der Waals surface area contributed by atoms with Crippen LogP contribution in [0.1, 0.15) is 44.6 Å². The predicted octanol–water partition coefficient (Wildman–Crippen LogP) is 3.78. The van der Waals surface area contributed by atoms with E-state index in [0.717, 1.165) is 23.8 Å². The molecule has 7 nitrogen and oxygen atoms in total. The van der Waals surface area contributed by atoms with Gasteiger partial charge in [0.1, 0.15) is 6.54 Å². The molecule has 8 heteroatoms. The molecular weight excluding hydrogens is 491 g/mol. The molecule has 0 atom stereocenters. The van der Waals surface area contributed by atoms with Crippen LogP contribution in [0.25, 0.3) is 0 Å².